The highest BCUT2D eigenvalue weighted by Crippen LogP contribution is 2.33. The third-order valence-corrected chi connectivity index (χ3v) is 6.52. The Labute approximate surface area is 168 Å². The number of carbonyl (C=O) groups is 1. The molecular formula is C18H21ClN4O4S. The van der Waals surface area contributed by atoms with Gasteiger partial charge in [0.1, 0.15) is 16.5 Å². The topological polar surface area (TPSA) is 115 Å². The normalized spacial score (nSPS) is 14.8. The molecule has 0 saturated carbocycles. The molecule has 0 radical (unpaired) electrons. The molecule has 1 aromatic carbocycles. The maximum atomic E-state index is 13.0. The van der Waals surface area contributed by atoms with Crippen molar-refractivity contribution >= 4 is 39.0 Å². The lowest BCUT2D eigenvalue weighted by Crippen LogP contribution is -2.28. The summed E-state index contributed by atoms with van der Waals surface area (Å²) in [5, 5.41) is 3.17. The summed E-state index contributed by atoms with van der Waals surface area (Å²) in [6, 6.07) is 6.17. The van der Waals surface area contributed by atoms with E-state index in [9.17, 15) is 13.2 Å². The number of hydrogen-bond donors (Lipinski definition) is 2. The molecule has 1 fully saturated rings. The molecule has 10 heteroatoms. The lowest BCUT2D eigenvalue weighted by molar-refractivity contribution is 0.1000. The second kappa shape index (κ2) is 8.34. The lowest BCUT2D eigenvalue weighted by atomic mass is 10.2. The van der Waals surface area contributed by atoms with E-state index < -0.39 is 15.9 Å². The average Bonchev–Trinajstić information content (AvgIpc) is 3.20. The van der Waals surface area contributed by atoms with Gasteiger partial charge in [-0.25, -0.2) is 13.4 Å². The number of sulfonamides is 1. The molecule has 150 valence electrons. The number of primary amides is 1. The molecule has 2 heterocycles. The highest BCUT2D eigenvalue weighted by molar-refractivity contribution is 7.89. The van der Waals surface area contributed by atoms with Crippen LogP contribution in [0.3, 0.4) is 0 Å². The number of anilines is 2. The van der Waals surface area contributed by atoms with Gasteiger partial charge in [-0.1, -0.05) is 11.6 Å². The molecule has 0 aliphatic carbocycles. The Bertz CT molecular complexity index is 991. The molecule has 1 aromatic heterocycles. The zero-order valence-corrected chi connectivity index (χ0v) is 16.9. The highest BCUT2D eigenvalue weighted by Gasteiger charge is 2.30. The van der Waals surface area contributed by atoms with Gasteiger partial charge in [0.2, 0.25) is 15.9 Å². The minimum atomic E-state index is -3.68. The van der Waals surface area contributed by atoms with Crippen LogP contribution >= 0.6 is 11.6 Å². The molecule has 3 rings (SSSR count). The van der Waals surface area contributed by atoms with Crippen LogP contribution in [0.4, 0.5) is 11.5 Å². The van der Waals surface area contributed by atoms with Crippen LogP contribution in [0.5, 0.6) is 5.75 Å². The molecule has 0 bridgehead atoms. The Hall–Kier alpha value is -2.36. The second-order valence-electron chi connectivity index (χ2n) is 6.25. The van der Waals surface area contributed by atoms with Crippen LogP contribution in [0.15, 0.2) is 35.4 Å². The van der Waals surface area contributed by atoms with Crippen LogP contribution < -0.4 is 15.8 Å². The van der Waals surface area contributed by atoms with E-state index in [1.54, 1.807) is 19.1 Å². The van der Waals surface area contributed by atoms with Crippen molar-refractivity contribution in [3.05, 3.63) is 41.0 Å². The summed E-state index contributed by atoms with van der Waals surface area (Å²) in [5.74, 6) is -0.0653. The highest BCUT2D eigenvalue weighted by atomic mass is 35.5. The Morgan fingerprint density at radius 1 is 1.32 bits per heavy atom. The number of ether oxygens (including phenoxy) is 1. The van der Waals surface area contributed by atoms with Gasteiger partial charge < -0.3 is 15.8 Å². The van der Waals surface area contributed by atoms with Crippen molar-refractivity contribution < 1.29 is 17.9 Å². The van der Waals surface area contributed by atoms with Gasteiger partial charge in [0.05, 0.1) is 17.2 Å². The number of carbonyl (C=O) groups excluding carboxylic acids is 1. The van der Waals surface area contributed by atoms with Gasteiger partial charge in [0.15, 0.2) is 0 Å². The molecule has 1 amide bonds. The van der Waals surface area contributed by atoms with Gasteiger partial charge in [-0.2, -0.15) is 4.31 Å². The summed E-state index contributed by atoms with van der Waals surface area (Å²) in [7, 11) is -3.68. The van der Waals surface area contributed by atoms with E-state index >= 15 is 0 Å². The minimum Gasteiger partial charge on any atom is -0.492 e. The number of nitrogens with one attached hydrogen (secondary N) is 1. The first kappa shape index (κ1) is 20.4. The van der Waals surface area contributed by atoms with Crippen LogP contribution in [0, 0.1) is 0 Å². The SMILES string of the molecule is CCOc1ccc(Nc2ncc(C(N)=O)cc2Cl)cc1S(=O)(=O)N1CCCC1. The van der Waals surface area contributed by atoms with Gasteiger partial charge in [-0.3, -0.25) is 4.79 Å². The Morgan fingerprint density at radius 2 is 2.04 bits per heavy atom. The van der Waals surface area contributed by atoms with Crippen molar-refractivity contribution in [2.45, 2.75) is 24.7 Å². The van der Waals surface area contributed by atoms with Gasteiger partial charge in [-0.15, -0.1) is 0 Å². The van der Waals surface area contributed by atoms with Crippen LogP contribution in [-0.2, 0) is 10.0 Å². The fourth-order valence-corrected chi connectivity index (χ4v) is 4.82. The third-order valence-electron chi connectivity index (χ3n) is 4.31. The predicted molar refractivity (Wildman–Crippen MR) is 107 cm³/mol. The van der Waals surface area contributed by atoms with Crippen LogP contribution in [0.25, 0.3) is 0 Å². The summed E-state index contributed by atoms with van der Waals surface area (Å²) in [6.45, 7) is 3.13. The summed E-state index contributed by atoms with van der Waals surface area (Å²) < 4.78 is 33.1. The molecule has 2 aromatic rings. The number of hydrogen-bond acceptors (Lipinski definition) is 6. The number of pyridine rings is 1. The molecule has 0 spiro atoms. The molecule has 28 heavy (non-hydrogen) atoms. The lowest BCUT2D eigenvalue weighted by Gasteiger charge is -2.19. The molecule has 1 aliphatic heterocycles. The van der Waals surface area contributed by atoms with E-state index in [0.717, 1.165) is 12.8 Å². The predicted octanol–water partition coefficient (Wildman–Crippen LogP) is 2.76. The van der Waals surface area contributed by atoms with Crippen molar-refractivity contribution in [2.75, 3.05) is 25.0 Å². The summed E-state index contributed by atoms with van der Waals surface area (Å²) in [6.07, 6.45) is 2.98. The van der Waals surface area contributed by atoms with Gasteiger partial charge >= 0.3 is 0 Å². The van der Waals surface area contributed by atoms with E-state index in [1.807, 2.05) is 0 Å². The number of halogens is 1. The van der Waals surface area contributed by atoms with Crippen LogP contribution in [-0.4, -0.2) is 43.3 Å². The zero-order chi connectivity index (χ0) is 20.3. The Morgan fingerprint density at radius 3 is 2.64 bits per heavy atom. The van der Waals surface area contributed by atoms with Gasteiger partial charge in [-0.05, 0) is 44.0 Å². The number of nitrogens with two attached hydrogens (primary N) is 1. The molecule has 3 N–H and O–H groups in total. The fraction of sp³-hybridized carbons (Fsp3) is 0.333. The number of benzene rings is 1. The Kier molecular flexibility index (Phi) is 6.07. The van der Waals surface area contributed by atoms with Crippen LogP contribution in [0.2, 0.25) is 5.02 Å². The quantitative estimate of drug-likeness (QED) is 0.706. The van der Waals surface area contributed by atoms with Gasteiger partial charge in [0, 0.05) is 25.0 Å². The van der Waals surface area contributed by atoms with Crippen molar-refractivity contribution in [1.82, 2.24) is 9.29 Å². The second-order valence-corrected chi connectivity index (χ2v) is 8.56. The third kappa shape index (κ3) is 4.21. The van der Waals surface area contributed by atoms with Crippen molar-refractivity contribution in [3.8, 4) is 5.75 Å². The maximum Gasteiger partial charge on any atom is 0.250 e. The van der Waals surface area contributed by atoms with Crippen molar-refractivity contribution in [3.63, 3.8) is 0 Å². The number of nitrogens with zero attached hydrogens (tertiary/aromatic N) is 2. The molecular weight excluding hydrogens is 404 g/mol. The first-order valence-electron chi connectivity index (χ1n) is 8.82. The molecule has 8 nitrogen and oxygen atoms in total. The Balaban J connectivity index is 1.96. The van der Waals surface area contributed by atoms with E-state index in [-0.39, 0.29) is 21.3 Å². The van der Waals surface area contributed by atoms with Crippen molar-refractivity contribution in [2.24, 2.45) is 5.73 Å². The largest absolute Gasteiger partial charge is 0.492 e. The zero-order valence-electron chi connectivity index (χ0n) is 15.3. The number of aromatic nitrogens is 1. The van der Waals surface area contributed by atoms with E-state index in [2.05, 4.69) is 10.3 Å². The fourth-order valence-electron chi connectivity index (χ4n) is 2.93. The first-order chi connectivity index (χ1) is 13.3. The van der Waals surface area contributed by atoms with E-state index in [0.29, 0.717) is 31.1 Å². The molecule has 0 atom stereocenters. The minimum absolute atomic E-state index is 0.0890. The maximum absolute atomic E-state index is 13.0. The summed E-state index contributed by atoms with van der Waals surface area (Å²) in [5.41, 5.74) is 5.87. The molecule has 1 aliphatic rings. The van der Waals surface area contributed by atoms with Gasteiger partial charge in [0.25, 0.3) is 0 Å². The first-order valence-corrected chi connectivity index (χ1v) is 10.6. The smallest absolute Gasteiger partial charge is 0.250 e. The van der Waals surface area contributed by atoms with E-state index in [1.165, 1.54) is 22.6 Å². The number of rotatable bonds is 7. The molecule has 0 unspecified atom stereocenters. The van der Waals surface area contributed by atoms with E-state index in [4.69, 9.17) is 22.1 Å². The standard InChI is InChI=1S/C18H21ClN4O4S/c1-2-27-15-6-5-13(10-16(15)28(25,26)23-7-3-4-8-23)22-18-14(19)9-12(11-21-18)17(20)24/h5-6,9-11H,2-4,7-8H2,1H3,(H2,20,24)(H,21,22). The summed E-state index contributed by atoms with van der Waals surface area (Å²) in [4.78, 5) is 15.4. The molecule has 1 saturated heterocycles. The monoisotopic (exact) mass is 424 g/mol. The van der Waals surface area contributed by atoms with Crippen molar-refractivity contribution in [1.29, 1.82) is 0 Å². The van der Waals surface area contributed by atoms with Crippen LogP contribution in [0.1, 0.15) is 30.1 Å². The number of amides is 1. The average molecular weight is 425 g/mol. The summed E-state index contributed by atoms with van der Waals surface area (Å²) >= 11 is 6.15.